The zero-order valence-electron chi connectivity index (χ0n) is 10.6. The molecule has 1 rings (SSSR count). The average Bonchev–Trinajstić information content (AvgIpc) is 2.18. The van der Waals surface area contributed by atoms with E-state index in [4.69, 9.17) is 0 Å². The first kappa shape index (κ1) is 13.7. The van der Waals surface area contributed by atoms with E-state index in [0.29, 0.717) is 12.8 Å². The molecule has 1 fully saturated rings. The molecule has 0 unspecified atom stereocenters. The fraction of sp³-hybridized carbons (Fsp3) is 0.909. The molecule has 1 aliphatic carbocycles. The van der Waals surface area contributed by atoms with Crippen molar-refractivity contribution in [2.45, 2.75) is 58.6 Å². The second-order valence-corrected chi connectivity index (χ2v) is 5.53. The minimum absolute atomic E-state index is 0.0242. The van der Waals surface area contributed by atoms with Gasteiger partial charge in [-0.1, -0.05) is 20.8 Å². The summed E-state index contributed by atoms with van der Waals surface area (Å²) in [6.45, 7) is 5.59. The van der Waals surface area contributed by atoms with Crippen molar-refractivity contribution in [2.24, 2.45) is 5.41 Å². The molecule has 0 aromatic rings. The second-order valence-electron chi connectivity index (χ2n) is 5.53. The Labute approximate surface area is 101 Å². The van der Waals surface area contributed by atoms with Crippen molar-refractivity contribution in [2.75, 3.05) is 0 Å². The molecule has 1 amide bonds. The highest BCUT2D eigenvalue weighted by molar-refractivity contribution is 5.81. The normalized spacial score (nSPS) is 25.1. The third kappa shape index (κ3) is 4.58. The Hall–Kier alpha value is -1.33. The van der Waals surface area contributed by atoms with E-state index < -0.39 is 10.5 Å². The van der Waals surface area contributed by atoms with Crippen LogP contribution in [-0.4, -0.2) is 23.1 Å². The molecule has 1 N–H and O–H groups in total. The first-order valence-electron chi connectivity index (χ1n) is 5.91. The van der Waals surface area contributed by atoms with E-state index in [0.717, 1.165) is 12.8 Å². The maximum atomic E-state index is 11.7. The van der Waals surface area contributed by atoms with Crippen molar-refractivity contribution in [3.63, 3.8) is 0 Å². The molecule has 1 saturated carbocycles. The lowest BCUT2D eigenvalue weighted by molar-refractivity contribution is -0.769. The van der Waals surface area contributed by atoms with Crippen LogP contribution in [0.2, 0.25) is 0 Å². The van der Waals surface area contributed by atoms with Gasteiger partial charge in [0.15, 0.2) is 0 Å². The smallest absolute Gasteiger partial charge is 0.294 e. The first-order chi connectivity index (χ1) is 7.79. The Balaban J connectivity index is 2.33. The quantitative estimate of drug-likeness (QED) is 0.604. The molecule has 1 aliphatic rings. The van der Waals surface area contributed by atoms with Gasteiger partial charge in [-0.05, 0) is 25.7 Å². The van der Waals surface area contributed by atoms with Gasteiger partial charge in [0.05, 0.1) is 0 Å². The summed E-state index contributed by atoms with van der Waals surface area (Å²) in [7, 11) is 0. The third-order valence-corrected chi connectivity index (χ3v) is 2.93. The van der Waals surface area contributed by atoms with E-state index in [1.165, 1.54) is 0 Å². The summed E-state index contributed by atoms with van der Waals surface area (Å²) in [4.78, 5) is 26.4. The molecular weight excluding hydrogens is 224 g/mol. The van der Waals surface area contributed by atoms with Gasteiger partial charge in [-0.2, -0.15) is 0 Å². The number of nitrogens with one attached hydrogen (secondary N) is 1. The molecular formula is C11H20N2O4. The molecule has 0 aromatic carbocycles. The van der Waals surface area contributed by atoms with Crippen LogP contribution < -0.4 is 5.32 Å². The predicted molar refractivity (Wildman–Crippen MR) is 61.7 cm³/mol. The number of carbonyl (C=O) groups excluding carboxylic acids is 1. The van der Waals surface area contributed by atoms with Crippen molar-refractivity contribution in [3.05, 3.63) is 10.1 Å². The van der Waals surface area contributed by atoms with E-state index >= 15 is 0 Å². The molecule has 0 aliphatic heterocycles. The maximum absolute atomic E-state index is 11.7. The maximum Gasteiger partial charge on any atom is 0.294 e. The molecule has 0 radical (unpaired) electrons. The summed E-state index contributed by atoms with van der Waals surface area (Å²) >= 11 is 0. The number of amides is 1. The molecule has 0 atom stereocenters. The van der Waals surface area contributed by atoms with E-state index in [-0.39, 0.29) is 18.1 Å². The lowest BCUT2D eigenvalue weighted by atomic mass is 9.90. The fourth-order valence-electron chi connectivity index (χ4n) is 1.84. The van der Waals surface area contributed by atoms with Crippen LogP contribution in [-0.2, 0) is 9.63 Å². The zero-order chi connectivity index (χ0) is 13.1. The highest BCUT2D eigenvalue weighted by Gasteiger charge is 2.28. The number of rotatable bonds is 3. The highest BCUT2D eigenvalue weighted by atomic mass is 17.0. The number of nitrogens with zero attached hydrogens (tertiary/aromatic N) is 1. The van der Waals surface area contributed by atoms with E-state index in [1.807, 2.05) is 20.8 Å². The minimum atomic E-state index is -0.737. The van der Waals surface area contributed by atoms with Gasteiger partial charge < -0.3 is 10.2 Å². The van der Waals surface area contributed by atoms with Crippen molar-refractivity contribution >= 4 is 5.91 Å². The van der Waals surface area contributed by atoms with E-state index in [1.54, 1.807) is 0 Å². The van der Waals surface area contributed by atoms with Crippen LogP contribution in [0.15, 0.2) is 0 Å². The van der Waals surface area contributed by atoms with Gasteiger partial charge in [-0.3, -0.25) is 4.79 Å². The van der Waals surface area contributed by atoms with Gasteiger partial charge in [-0.25, -0.2) is 0 Å². The molecule has 17 heavy (non-hydrogen) atoms. The largest absolute Gasteiger partial charge is 0.353 e. The van der Waals surface area contributed by atoms with Gasteiger partial charge in [0.2, 0.25) is 5.91 Å². The highest BCUT2D eigenvalue weighted by Crippen LogP contribution is 2.22. The van der Waals surface area contributed by atoms with Crippen LogP contribution >= 0.6 is 0 Å². The molecule has 0 bridgehead atoms. The summed E-state index contributed by atoms with van der Waals surface area (Å²) in [5.41, 5.74) is -0.395. The van der Waals surface area contributed by atoms with Crippen LogP contribution in [0, 0.1) is 15.5 Å². The summed E-state index contributed by atoms with van der Waals surface area (Å²) < 4.78 is 0. The lowest BCUT2D eigenvalue weighted by Gasteiger charge is -2.30. The Morgan fingerprint density at radius 1 is 1.29 bits per heavy atom. The predicted octanol–water partition coefficient (Wildman–Crippen LogP) is 1.67. The van der Waals surface area contributed by atoms with E-state index in [2.05, 4.69) is 10.2 Å². The Bertz CT molecular complexity index is 290. The Kier molecular flexibility index (Phi) is 4.31. The van der Waals surface area contributed by atoms with Gasteiger partial charge in [-0.15, -0.1) is 10.1 Å². The number of hydrogen-bond acceptors (Lipinski definition) is 4. The van der Waals surface area contributed by atoms with Crippen LogP contribution in [0.25, 0.3) is 0 Å². The van der Waals surface area contributed by atoms with E-state index in [9.17, 15) is 14.9 Å². The zero-order valence-corrected chi connectivity index (χ0v) is 10.6. The second kappa shape index (κ2) is 5.33. The average molecular weight is 244 g/mol. The van der Waals surface area contributed by atoms with Crippen LogP contribution in [0.3, 0.4) is 0 Å². The number of hydrogen-bond donors (Lipinski definition) is 1. The minimum Gasteiger partial charge on any atom is -0.353 e. The summed E-state index contributed by atoms with van der Waals surface area (Å²) in [6.07, 6.45) is 2.40. The van der Waals surface area contributed by atoms with Crippen LogP contribution in [0.4, 0.5) is 0 Å². The lowest BCUT2D eigenvalue weighted by Crippen LogP contribution is -2.44. The van der Waals surface area contributed by atoms with Gasteiger partial charge in [0.25, 0.3) is 5.09 Å². The summed E-state index contributed by atoms with van der Waals surface area (Å²) in [6, 6.07) is 0.119. The molecule has 6 nitrogen and oxygen atoms in total. The fourth-order valence-corrected chi connectivity index (χ4v) is 1.84. The molecule has 98 valence electrons. The van der Waals surface area contributed by atoms with Gasteiger partial charge in [0, 0.05) is 11.5 Å². The van der Waals surface area contributed by atoms with Crippen molar-refractivity contribution in [1.82, 2.24) is 5.32 Å². The van der Waals surface area contributed by atoms with Crippen LogP contribution in [0.1, 0.15) is 46.5 Å². The summed E-state index contributed by atoms with van der Waals surface area (Å²) in [5, 5.41) is 12.4. The third-order valence-electron chi connectivity index (χ3n) is 2.93. The molecule has 0 aromatic heterocycles. The number of carbonyl (C=O) groups is 1. The topological polar surface area (TPSA) is 81.5 Å². The first-order valence-corrected chi connectivity index (χ1v) is 5.91. The van der Waals surface area contributed by atoms with Crippen molar-refractivity contribution in [3.8, 4) is 0 Å². The van der Waals surface area contributed by atoms with Crippen molar-refractivity contribution < 1.29 is 14.7 Å². The van der Waals surface area contributed by atoms with Crippen molar-refractivity contribution in [1.29, 1.82) is 0 Å². The molecule has 0 spiro atoms. The van der Waals surface area contributed by atoms with Gasteiger partial charge in [0.1, 0.15) is 6.10 Å². The Morgan fingerprint density at radius 2 is 1.82 bits per heavy atom. The van der Waals surface area contributed by atoms with Crippen LogP contribution in [0.5, 0.6) is 0 Å². The summed E-state index contributed by atoms with van der Waals surface area (Å²) in [5.74, 6) is 0.0242. The standard InChI is InChI=1S/C11H20N2O4/c1-11(2,3)10(14)12-8-4-6-9(7-5-8)17-13(15)16/h8-9H,4-7H2,1-3H3,(H,12,14)/t8-,9-. The monoisotopic (exact) mass is 244 g/mol. The SMILES string of the molecule is CC(C)(C)C(=O)N[C@H]1CC[C@H](O[N+](=O)[O-])CC1. The Morgan fingerprint density at radius 3 is 2.24 bits per heavy atom. The molecule has 6 heteroatoms. The van der Waals surface area contributed by atoms with Gasteiger partial charge >= 0.3 is 0 Å². The molecule has 0 heterocycles. The molecule has 0 saturated heterocycles.